The summed E-state index contributed by atoms with van der Waals surface area (Å²) in [6, 6.07) is 13.8. The molecule has 2 aromatic rings. The molecule has 0 bridgehead atoms. The maximum atomic E-state index is 11.2. The van der Waals surface area contributed by atoms with Crippen molar-refractivity contribution in [1.82, 2.24) is 0 Å². The Balaban J connectivity index is 2.25. The van der Waals surface area contributed by atoms with Gasteiger partial charge in [0.2, 0.25) is 0 Å². The molecule has 0 amide bonds. The van der Waals surface area contributed by atoms with Crippen LogP contribution in [0.1, 0.15) is 0 Å². The molecule has 0 fully saturated rings. The van der Waals surface area contributed by atoms with Crippen LogP contribution in [-0.4, -0.2) is 21.4 Å². The normalized spacial score (nSPS) is 17.9. The van der Waals surface area contributed by atoms with E-state index in [4.69, 9.17) is 0 Å². The third-order valence-electron chi connectivity index (χ3n) is 4.74. The molecule has 2 aromatic carbocycles. The minimum Gasteiger partial charge on any atom is -0.416 e. The number of non-ortho nitro benzene ring substituents is 1. The topological polar surface area (TPSA) is 46.4 Å². The van der Waals surface area contributed by atoms with Crippen LogP contribution in [0.5, 0.6) is 0 Å². The second-order valence-electron chi connectivity index (χ2n) is 6.89. The van der Waals surface area contributed by atoms with E-state index in [-0.39, 0.29) is 10.6 Å². The fourth-order valence-corrected chi connectivity index (χ4v) is 17.3. The van der Waals surface area contributed by atoms with Crippen molar-refractivity contribution in [3.8, 4) is 0 Å². The van der Waals surface area contributed by atoms with Crippen LogP contribution in [0.15, 0.2) is 46.9 Å². The third kappa shape index (κ3) is 2.38. The summed E-state index contributed by atoms with van der Waals surface area (Å²) in [4.78, 5) is 10.9. The van der Waals surface area contributed by atoms with Gasteiger partial charge in [0.05, 0.1) is 4.92 Å². The fraction of sp³-hybridized carbons (Fsp3) is 0.250. The molecule has 7 heteroatoms. The van der Waals surface area contributed by atoms with Crippen molar-refractivity contribution in [2.24, 2.45) is 0 Å². The molecule has 0 spiro atoms. The van der Waals surface area contributed by atoms with E-state index in [1.54, 1.807) is 18.2 Å². The van der Waals surface area contributed by atoms with Crippen LogP contribution in [-0.2, 0) is 0 Å². The molecule has 0 radical (unpaired) electrons. The van der Waals surface area contributed by atoms with E-state index < -0.39 is 16.5 Å². The molecule has 23 heavy (non-hydrogen) atoms. The molecule has 0 saturated heterocycles. The molecule has 0 atom stereocenters. The van der Waals surface area contributed by atoms with Crippen LogP contribution >= 0.6 is 15.9 Å². The van der Waals surface area contributed by atoms with Crippen LogP contribution in [0.2, 0.25) is 26.2 Å². The largest absolute Gasteiger partial charge is 0.416 e. The Morgan fingerprint density at radius 2 is 1.52 bits per heavy atom. The Labute approximate surface area is 146 Å². The summed E-state index contributed by atoms with van der Waals surface area (Å²) in [5.74, 6) is 0. The Morgan fingerprint density at radius 1 is 1.00 bits per heavy atom. The summed E-state index contributed by atoms with van der Waals surface area (Å²) < 4.78 is 3.47. The number of rotatable bonds is 2. The zero-order chi connectivity index (χ0) is 17.0. The SMILES string of the molecule is C[Si]1(C)c2ccccc2[Si](C)(C)N1c1cc([N+](=O)[O-])ccc1Br. The van der Waals surface area contributed by atoms with Gasteiger partial charge in [-0.1, -0.05) is 24.3 Å². The van der Waals surface area contributed by atoms with Crippen LogP contribution in [0.3, 0.4) is 0 Å². The van der Waals surface area contributed by atoms with E-state index in [1.807, 2.05) is 0 Å². The quantitative estimate of drug-likeness (QED) is 0.433. The molecule has 120 valence electrons. The van der Waals surface area contributed by atoms with Gasteiger partial charge in [0.25, 0.3) is 5.69 Å². The molecule has 3 rings (SSSR count). The Kier molecular flexibility index (Phi) is 3.77. The summed E-state index contributed by atoms with van der Waals surface area (Å²) in [6.45, 7) is 9.33. The highest BCUT2D eigenvalue weighted by Gasteiger charge is 2.52. The zero-order valence-corrected chi connectivity index (χ0v) is 17.2. The van der Waals surface area contributed by atoms with Gasteiger partial charge in [-0.05, 0) is 58.6 Å². The molecule has 1 aliphatic heterocycles. The summed E-state index contributed by atoms with van der Waals surface area (Å²) in [7, 11) is -3.83. The molecule has 0 unspecified atom stereocenters. The Hall–Kier alpha value is -1.45. The van der Waals surface area contributed by atoms with Gasteiger partial charge < -0.3 is 4.23 Å². The lowest BCUT2D eigenvalue weighted by molar-refractivity contribution is -0.384. The van der Waals surface area contributed by atoms with Crippen molar-refractivity contribution in [3.63, 3.8) is 0 Å². The highest BCUT2D eigenvalue weighted by atomic mass is 79.9. The summed E-state index contributed by atoms with van der Waals surface area (Å²) >= 11 is 3.62. The number of nitrogens with zero attached hydrogens (tertiary/aromatic N) is 2. The van der Waals surface area contributed by atoms with Gasteiger partial charge in [0.1, 0.15) is 0 Å². The predicted molar refractivity (Wildman–Crippen MR) is 104 cm³/mol. The van der Waals surface area contributed by atoms with Crippen LogP contribution in [0.25, 0.3) is 0 Å². The number of anilines is 1. The monoisotopic (exact) mass is 406 g/mol. The average Bonchev–Trinajstić information content (AvgIpc) is 2.64. The highest BCUT2D eigenvalue weighted by molar-refractivity contribution is 9.10. The molecule has 1 aliphatic rings. The van der Waals surface area contributed by atoms with E-state index in [9.17, 15) is 10.1 Å². The first kappa shape index (κ1) is 16.4. The van der Waals surface area contributed by atoms with Crippen molar-refractivity contribution in [3.05, 3.63) is 57.1 Å². The molecular formula is C16H19BrN2O2Si2. The fourth-order valence-electron chi connectivity index (χ4n) is 3.88. The van der Waals surface area contributed by atoms with Gasteiger partial charge in [0, 0.05) is 22.3 Å². The van der Waals surface area contributed by atoms with Gasteiger partial charge in [-0.25, -0.2) is 0 Å². The highest BCUT2D eigenvalue weighted by Crippen LogP contribution is 2.38. The average molecular weight is 407 g/mol. The summed E-state index contributed by atoms with van der Waals surface area (Å²) in [6.07, 6.45) is 0. The first-order chi connectivity index (χ1) is 10.7. The minimum atomic E-state index is -1.91. The minimum absolute atomic E-state index is 0.147. The summed E-state index contributed by atoms with van der Waals surface area (Å²) in [5.41, 5.74) is 1.11. The number of halogens is 1. The number of hydrogen-bond acceptors (Lipinski definition) is 3. The number of hydrogen-bond donors (Lipinski definition) is 0. The van der Waals surface area contributed by atoms with Crippen molar-refractivity contribution in [2.45, 2.75) is 26.2 Å². The zero-order valence-electron chi connectivity index (χ0n) is 13.6. The standard InChI is InChI=1S/C16H19BrN2O2Si2/c1-22(2)15-7-5-6-8-16(15)23(3,4)19(22)14-11-12(18(20)21)9-10-13(14)17/h5-11H,1-4H3. The van der Waals surface area contributed by atoms with Gasteiger partial charge in [-0.15, -0.1) is 0 Å². The van der Waals surface area contributed by atoms with Crippen LogP contribution < -0.4 is 14.6 Å². The van der Waals surface area contributed by atoms with Crippen LogP contribution in [0, 0.1) is 10.1 Å². The van der Waals surface area contributed by atoms with Gasteiger partial charge in [-0.3, -0.25) is 10.1 Å². The third-order valence-corrected chi connectivity index (χ3v) is 15.2. The van der Waals surface area contributed by atoms with E-state index in [2.05, 4.69) is 70.6 Å². The molecular weight excluding hydrogens is 388 g/mol. The van der Waals surface area contributed by atoms with Crippen molar-refractivity contribution < 1.29 is 4.92 Å². The molecule has 1 heterocycles. The maximum Gasteiger partial charge on any atom is 0.271 e. The first-order valence-corrected chi connectivity index (χ1v) is 14.2. The van der Waals surface area contributed by atoms with Gasteiger partial charge in [-0.2, -0.15) is 0 Å². The smallest absolute Gasteiger partial charge is 0.271 e. The second-order valence-corrected chi connectivity index (χ2v) is 16.4. The molecule has 0 N–H and O–H groups in total. The Bertz CT molecular complexity index is 773. The predicted octanol–water partition coefficient (Wildman–Crippen LogP) is 3.70. The number of fused-ring (bicyclic) bond motifs is 1. The van der Waals surface area contributed by atoms with Crippen LogP contribution in [0.4, 0.5) is 11.4 Å². The first-order valence-electron chi connectivity index (χ1n) is 7.51. The molecule has 0 aliphatic carbocycles. The van der Waals surface area contributed by atoms with Crippen molar-refractivity contribution in [1.29, 1.82) is 0 Å². The lowest BCUT2D eigenvalue weighted by Crippen LogP contribution is -2.61. The second kappa shape index (κ2) is 5.29. The lowest BCUT2D eigenvalue weighted by Gasteiger charge is -2.42. The van der Waals surface area contributed by atoms with E-state index >= 15 is 0 Å². The Morgan fingerprint density at radius 3 is 2.00 bits per heavy atom. The number of nitro groups is 1. The molecule has 0 aromatic heterocycles. The number of benzene rings is 2. The molecule has 0 saturated carbocycles. The maximum absolute atomic E-state index is 11.2. The van der Waals surface area contributed by atoms with E-state index in [0.29, 0.717) is 0 Å². The van der Waals surface area contributed by atoms with Crippen molar-refractivity contribution >= 4 is 54.1 Å². The molecule has 4 nitrogen and oxygen atoms in total. The van der Waals surface area contributed by atoms with Gasteiger partial charge >= 0.3 is 0 Å². The summed E-state index contributed by atoms with van der Waals surface area (Å²) in [5, 5.41) is 14.1. The number of nitro benzene ring substituents is 1. The lowest BCUT2D eigenvalue weighted by atomic mass is 10.3. The van der Waals surface area contributed by atoms with E-state index in [1.165, 1.54) is 10.4 Å². The van der Waals surface area contributed by atoms with Gasteiger partial charge in [0.15, 0.2) is 16.5 Å². The van der Waals surface area contributed by atoms with E-state index in [0.717, 1.165) is 10.2 Å². The van der Waals surface area contributed by atoms with Crippen molar-refractivity contribution in [2.75, 3.05) is 4.23 Å².